The number of aliphatic hydroxyl groups is 1. The van der Waals surface area contributed by atoms with Crippen LogP contribution in [0, 0.1) is 5.92 Å². The van der Waals surface area contributed by atoms with Crippen molar-refractivity contribution in [1.29, 1.82) is 0 Å². The van der Waals surface area contributed by atoms with E-state index in [0.717, 1.165) is 49.0 Å². The lowest BCUT2D eigenvalue weighted by Gasteiger charge is -2.31. The molecule has 3 N–H and O–H groups in total. The maximum Gasteiger partial charge on any atom is 0.303 e. The number of benzene rings is 2. The third kappa shape index (κ3) is 8.32. The molecule has 1 aliphatic carbocycles. The highest BCUT2D eigenvalue weighted by Crippen LogP contribution is 2.32. The molecule has 0 saturated carbocycles. The van der Waals surface area contributed by atoms with Crippen LogP contribution < -0.4 is 10.1 Å². The molecule has 0 saturated heterocycles. The first-order chi connectivity index (χ1) is 17.2. The third-order valence-corrected chi connectivity index (χ3v) is 7.18. The number of hydrogen-bond donors (Lipinski definition) is 3. The van der Waals surface area contributed by atoms with Crippen molar-refractivity contribution in [3.8, 4) is 5.75 Å². The molecule has 1 aliphatic rings. The van der Waals surface area contributed by atoms with Crippen molar-refractivity contribution in [2.45, 2.75) is 83.5 Å². The van der Waals surface area contributed by atoms with Crippen molar-refractivity contribution in [2.24, 2.45) is 5.92 Å². The average Bonchev–Trinajstić information content (AvgIpc) is 3.25. The first-order valence-corrected chi connectivity index (χ1v) is 13.2. The number of unbranched alkanes of at least 4 members (excludes halogenated alkanes) is 1. The molecule has 0 radical (unpaired) electrons. The average molecular weight is 498 g/mol. The number of hydrogen-bond acceptors (Lipinski definition) is 5. The van der Waals surface area contributed by atoms with Crippen LogP contribution in [0.4, 0.5) is 0 Å². The van der Waals surface area contributed by atoms with Gasteiger partial charge in [0.25, 0.3) is 0 Å². The molecule has 3 rings (SSSR count). The van der Waals surface area contributed by atoms with Gasteiger partial charge in [0, 0.05) is 18.5 Å². The van der Waals surface area contributed by atoms with E-state index in [-0.39, 0.29) is 24.7 Å². The topological polar surface area (TPSA) is 88.0 Å². The van der Waals surface area contributed by atoms with Gasteiger partial charge in [0.1, 0.15) is 5.75 Å². The summed E-state index contributed by atoms with van der Waals surface area (Å²) in [6.07, 6.45) is 4.76. The third-order valence-electron chi connectivity index (χ3n) is 7.18. The van der Waals surface area contributed by atoms with Gasteiger partial charge in [-0.1, -0.05) is 36.4 Å². The van der Waals surface area contributed by atoms with Crippen molar-refractivity contribution < 1.29 is 24.5 Å². The Labute approximate surface area is 216 Å². The number of carboxylic acids is 1. The van der Waals surface area contributed by atoms with E-state index >= 15 is 0 Å². The number of carbonyl (C=O) groups is 1. The SMILES string of the molecule is COc1cccc([C@@H](C)OC[C@H](O)CNC(C)(C)CC2Cc3ccccc3C2)c1CCCCC(=O)O. The molecule has 0 amide bonds. The van der Waals surface area contributed by atoms with Crippen molar-refractivity contribution in [3.63, 3.8) is 0 Å². The number of nitrogens with one attached hydrogen (secondary N) is 1. The number of β-amino-alcohol motifs (C(OH)–C–C–N with tert-alkyl or cyclic N) is 1. The molecule has 6 nitrogen and oxygen atoms in total. The van der Waals surface area contributed by atoms with Crippen LogP contribution in [0.5, 0.6) is 5.75 Å². The summed E-state index contributed by atoms with van der Waals surface area (Å²) in [6, 6.07) is 14.6. The molecule has 6 heteroatoms. The van der Waals surface area contributed by atoms with E-state index in [1.165, 1.54) is 11.1 Å². The van der Waals surface area contributed by atoms with Crippen molar-refractivity contribution >= 4 is 5.97 Å². The van der Waals surface area contributed by atoms with Crippen LogP contribution in [0.2, 0.25) is 0 Å². The molecule has 2 aromatic rings. The number of aliphatic hydroxyl groups excluding tert-OH is 1. The molecule has 198 valence electrons. The summed E-state index contributed by atoms with van der Waals surface area (Å²) in [5.41, 5.74) is 4.93. The molecular weight excluding hydrogens is 454 g/mol. The van der Waals surface area contributed by atoms with Gasteiger partial charge in [-0.15, -0.1) is 0 Å². The van der Waals surface area contributed by atoms with E-state index in [4.69, 9.17) is 14.6 Å². The second-order valence-electron chi connectivity index (χ2n) is 10.8. The van der Waals surface area contributed by atoms with Crippen molar-refractivity contribution in [3.05, 3.63) is 64.7 Å². The largest absolute Gasteiger partial charge is 0.496 e. The van der Waals surface area contributed by atoms with Crippen LogP contribution in [-0.2, 0) is 28.8 Å². The summed E-state index contributed by atoms with van der Waals surface area (Å²) >= 11 is 0. The Hall–Kier alpha value is -2.41. The maximum atomic E-state index is 10.8. The van der Waals surface area contributed by atoms with E-state index in [9.17, 15) is 9.90 Å². The Morgan fingerprint density at radius 1 is 1.11 bits per heavy atom. The molecule has 0 aromatic heterocycles. The molecular formula is C30H43NO5. The lowest BCUT2D eigenvalue weighted by molar-refractivity contribution is -0.137. The normalized spacial score (nSPS) is 15.5. The Bertz CT molecular complexity index is 964. The number of rotatable bonds is 15. The monoisotopic (exact) mass is 497 g/mol. The maximum absolute atomic E-state index is 10.8. The van der Waals surface area contributed by atoms with Gasteiger partial charge in [0.15, 0.2) is 0 Å². The number of carboxylic acid groups (broad SMARTS) is 1. The lowest BCUT2D eigenvalue weighted by Crippen LogP contribution is -2.45. The zero-order valence-electron chi connectivity index (χ0n) is 22.3. The Balaban J connectivity index is 1.47. The Morgan fingerprint density at radius 2 is 1.81 bits per heavy atom. The molecule has 0 unspecified atom stereocenters. The number of fused-ring (bicyclic) bond motifs is 1. The predicted molar refractivity (Wildman–Crippen MR) is 143 cm³/mol. The van der Waals surface area contributed by atoms with Crippen molar-refractivity contribution in [2.75, 3.05) is 20.3 Å². The zero-order chi connectivity index (χ0) is 26.1. The summed E-state index contributed by atoms with van der Waals surface area (Å²) in [7, 11) is 1.65. The first-order valence-electron chi connectivity index (χ1n) is 13.2. The first kappa shape index (κ1) is 28.2. The molecule has 0 bridgehead atoms. The van der Waals surface area contributed by atoms with Gasteiger partial charge in [-0.3, -0.25) is 4.79 Å². The van der Waals surface area contributed by atoms with E-state index in [1.54, 1.807) is 7.11 Å². The number of methoxy groups -OCH3 is 1. The van der Waals surface area contributed by atoms with Gasteiger partial charge < -0.3 is 25.0 Å². The van der Waals surface area contributed by atoms with Gasteiger partial charge >= 0.3 is 5.97 Å². The van der Waals surface area contributed by atoms with Crippen LogP contribution in [0.15, 0.2) is 42.5 Å². The Kier molecular flexibility index (Phi) is 10.3. The summed E-state index contributed by atoms with van der Waals surface area (Å²) in [6.45, 7) is 7.10. The second kappa shape index (κ2) is 13.2. The molecule has 0 fully saturated rings. The van der Waals surface area contributed by atoms with E-state index in [0.29, 0.717) is 18.9 Å². The fraction of sp³-hybridized carbons (Fsp3) is 0.567. The fourth-order valence-electron chi connectivity index (χ4n) is 5.39. The highest BCUT2D eigenvalue weighted by Gasteiger charge is 2.28. The standard InChI is InChI=1S/C30H43NO5/c1-21(26-13-9-14-28(35-4)27(26)12-7-8-15-29(33)34)36-20-25(32)19-31-30(2,3)18-22-16-23-10-5-6-11-24(23)17-22/h5-6,9-11,13-14,21-22,25,31-32H,7-8,12,15-20H2,1-4H3,(H,33,34)/t21-,25-/m1/s1. The molecule has 2 aromatic carbocycles. The van der Waals surface area contributed by atoms with Crippen LogP contribution in [0.25, 0.3) is 0 Å². The van der Waals surface area contributed by atoms with Crippen molar-refractivity contribution in [1.82, 2.24) is 5.32 Å². The van der Waals surface area contributed by atoms with Crippen LogP contribution >= 0.6 is 0 Å². The highest BCUT2D eigenvalue weighted by molar-refractivity contribution is 5.66. The van der Waals surface area contributed by atoms with Crippen LogP contribution in [-0.4, -0.2) is 48.1 Å². The summed E-state index contributed by atoms with van der Waals surface area (Å²) in [5, 5.41) is 23.1. The minimum Gasteiger partial charge on any atom is -0.496 e. The summed E-state index contributed by atoms with van der Waals surface area (Å²) in [4.78, 5) is 10.8. The highest BCUT2D eigenvalue weighted by atomic mass is 16.5. The Morgan fingerprint density at radius 3 is 2.44 bits per heavy atom. The van der Waals surface area contributed by atoms with Gasteiger partial charge in [0.05, 0.1) is 25.9 Å². The van der Waals surface area contributed by atoms with Crippen LogP contribution in [0.3, 0.4) is 0 Å². The van der Waals surface area contributed by atoms with Gasteiger partial charge in [-0.05, 0) is 93.5 Å². The zero-order valence-corrected chi connectivity index (χ0v) is 22.3. The molecule has 2 atom stereocenters. The molecule has 0 aliphatic heterocycles. The smallest absolute Gasteiger partial charge is 0.303 e. The predicted octanol–water partition coefficient (Wildman–Crippen LogP) is 5.10. The lowest BCUT2D eigenvalue weighted by atomic mass is 9.88. The molecule has 36 heavy (non-hydrogen) atoms. The molecule has 0 spiro atoms. The quantitative estimate of drug-likeness (QED) is 0.297. The van der Waals surface area contributed by atoms with E-state index < -0.39 is 12.1 Å². The summed E-state index contributed by atoms with van der Waals surface area (Å²) in [5.74, 6) is 0.641. The van der Waals surface area contributed by atoms with E-state index in [2.05, 4.69) is 43.4 Å². The fourth-order valence-corrected chi connectivity index (χ4v) is 5.39. The van der Waals surface area contributed by atoms with Gasteiger partial charge in [-0.25, -0.2) is 0 Å². The second-order valence-corrected chi connectivity index (χ2v) is 10.8. The van der Waals surface area contributed by atoms with Crippen LogP contribution in [0.1, 0.15) is 74.8 Å². The summed E-state index contributed by atoms with van der Waals surface area (Å²) < 4.78 is 11.6. The minimum absolute atomic E-state index is 0.0742. The minimum atomic E-state index is -0.772. The van der Waals surface area contributed by atoms with Gasteiger partial charge in [0.2, 0.25) is 0 Å². The van der Waals surface area contributed by atoms with Gasteiger partial charge in [-0.2, -0.15) is 0 Å². The van der Waals surface area contributed by atoms with E-state index in [1.807, 2.05) is 25.1 Å². The molecule has 0 heterocycles. The number of aliphatic carboxylic acids is 1. The number of ether oxygens (including phenoxy) is 2.